The maximum absolute atomic E-state index is 5.63. The molecule has 0 unspecified atom stereocenters. The summed E-state index contributed by atoms with van der Waals surface area (Å²) in [7, 11) is 0. The highest BCUT2D eigenvalue weighted by atomic mass is 15.3. The van der Waals surface area contributed by atoms with Crippen LogP contribution in [0.2, 0.25) is 0 Å². The van der Waals surface area contributed by atoms with Crippen molar-refractivity contribution in [3.05, 3.63) is 12.2 Å². The number of rotatable bonds is 4. The quantitative estimate of drug-likeness (QED) is 0.902. The van der Waals surface area contributed by atoms with Crippen molar-refractivity contribution < 1.29 is 0 Å². The number of aryl methyl sites for hydroxylation is 1. The van der Waals surface area contributed by atoms with Crippen molar-refractivity contribution >= 4 is 0 Å². The monoisotopic (exact) mass is 260 g/mol. The third-order valence-electron chi connectivity index (χ3n) is 5.75. The number of hydrogen-bond acceptors (Lipinski definition) is 3. The molecule has 4 aliphatic rings. The van der Waals surface area contributed by atoms with E-state index < -0.39 is 0 Å². The Labute approximate surface area is 114 Å². The summed E-state index contributed by atoms with van der Waals surface area (Å²) in [6, 6.07) is 0.690. The summed E-state index contributed by atoms with van der Waals surface area (Å²) < 4.78 is 2.42. The van der Waals surface area contributed by atoms with Crippen LogP contribution in [0.15, 0.2) is 6.33 Å². The maximum Gasteiger partial charge on any atom is 0.133 e. The zero-order valence-electron chi connectivity index (χ0n) is 11.5. The van der Waals surface area contributed by atoms with E-state index in [1.165, 1.54) is 37.9 Å². The smallest absolute Gasteiger partial charge is 0.133 e. The number of nitrogens with zero attached hydrogens (tertiary/aromatic N) is 3. The molecule has 4 saturated carbocycles. The summed E-state index contributed by atoms with van der Waals surface area (Å²) in [5.74, 6) is 5.01. The van der Waals surface area contributed by atoms with Crippen LogP contribution in [-0.2, 0) is 6.42 Å². The Balaban J connectivity index is 1.60. The highest BCUT2D eigenvalue weighted by Gasteiger charge is 2.49. The minimum atomic E-state index is 0.690. The largest absolute Gasteiger partial charge is 0.330 e. The molecule has 5 rings (SSSR count). The summed E-state index contributed by atoms with van der Waals surface area (Å²) in [6.45, 7) is 0.745. The van der Waals surface area contributed by atoms with Crippen molar-refractivity contribution in [1.29, 1.82) is 0 Å². The number of hydrogen-bond donors (Lipinski definition) is 1. The Bertz CT molecular complexity index is 425. The van der Waals surface area contributed by atoms with E-state index in [1.807, 2.05) is 6.33 Å². The van der Waals surface area contributed by atoms with Gasteiger partial charge in [0.1, 0.15) is 12.2 Å². The molecule has 4 nitrogen and oxygen atoms in total. The molecule has 0 aromatic carbocycles. The van der Waals surface area contributed by atoms with Gasteiger partial charge < -0.3 is 10.3 Å². The second-order valence-corrected chi connectivity index (χ2v) is 6.97. The van der Waals surface area contributed by atoms with E-state index in [4.69, 9.17) is 5.73 Å². The molecule has 4 fully saturated rings. The topological polar surface area (TPSA) is 56.7 Å². The van der Waals surface area contributed by atoms with Crippen LogP contribution in [0.5, 0.6) is 0 Å². The molecule has 104 valence electrons. The lowest BCUT2D eigenvalue weighted by Gasteiger charge is -2.54. The summed E-state index contributed by atoms with van der Waals surface area (Å²) in [6.07, 6.45) is 11.3. The van der Waals surface area contributed by atoms with Crippen molar-refractivity contribution in [1.82, 2.24) is 14.8 Å². The van der Waals surface area contributed by atoms with Gasteiger partial charge in [0, 0.05) is 12.5 Å². The minimum absolute atomic E-state index is 0.690. The molecule has 2 N–H and O–H groups in total. The van der Waals surface area contributed by atoms with E-state index in [2.05, 4.69) is 14.8 Å². The first-order chi connectivity index (χ1) is 9.35. The van der Waals surface area contributed by atoms with Crippen molar-refractivity contribution in [3.8, 4) is 0 Å². The number of aromatic nitrogens is 3. The van der Waals surface area contributed by atoms with Crippen molar-refractivity contribution in [2.24, 2.45) is 29.4 Å². The summed E-state index contributed by atoms with van der Waals surface area (Å²) in [4.78, 5) is 0. The molecule has 0 atom stereocenters. The normalized spacial score (nSPS) is 39.9. The zero-order valence-corrected chi connectivity index (χ0v) is 11.5. The van der Waals surface area contributed by atoms with Crippen LogP contribution in [0.3, 0.4) is 0 Å². The molecule has 0 amide bonds. The Morgan fingerprint density at radius 3 is 2.42 bits per heavy atom. The number of nitrogens with two attached hydrogens (primary N) is 1. The molecular formula is C15H24N4. The molecule has 4 aliphatic carbocycles. The highest BCUT2D eigenvalue weighted by Crippen LogP contribution is 2.58. The third-order valence-corrected chi connectivity index (χ3v) is 5.75. The fourth-order valence-corrected chi connectivity index (χ4v) is 5.31. The van der Waals surface area contributed by atoms with E-state index >= 15 is 0 Å². The van der Waals surface area contributed by atoms with Gasteiger partial charge in [0.25, 0.3) is 0 Å². The second kappa shape index (κ2) is 4.58. The first-order valence-electron chi connectivity index (χ1n) is 7.93. The molecule has 1 heterocycles. The van der Waals surface area contributed by atoms with Crippen LogP contribution in [-0.4, -0.2) is 21.3 Å². The minimum Gasteiger partial charge on any atom is -0.330 e. The molecule has 4 bridgehead atoms. The van der Waals surface area contributed by atoms with Crippen LogP contribution in [0, 0.1) is 23.7 Å². The lowest BCUT2D eigenvalue weighted by atomic mass is 9.54. The van der Waals surface area contributed by atoms with Crippen molar-refractivity contribution in [2.45, 2.75) is 51.0 Å². The van der Waals surface area contributed by atoms with Gasteiger partial charge in [-0.1, -0.05) is 0 Å². The molecule has 4 heteroatoms. The van der Waals surface area contributed by atoms with E-state index in [1.54, 1.807) is 0 Å². The molecule has 0 spiro atoms. The summed E-state index contributed by atoms with van der Waals surface area (Å²) >= 11 is 0. The molecule has 1 aromatic rings. The van der Waals surface area contributed by atoms with Crippen LogP contribution in [0.25, 0.3) is 0 Å². The third kappa shape index (κ3) is 1.92. The molecule has 0 saturated heterocycles. The Hall–Kier alpha value is -0.900. The summed E-state index contributed by atoms with van der Waals surface area (Å²) in [5.41, 5.74) is 5.63. The van der Waals surface area contributed by atoms with Gasteiger partial charge in [-0.25, -0.2) is 0 Å². The van der Waals surface area contributed by atoms with Gasteiger partial charge in [0.2, 0.25) is 0 Å². The van der Waals surface area contributed by atoms with E-state index in [0.29, 0.717) is 6.04 Å². The molecule has 1 aromatic heterocycles. The van der Waals surface area contributed by atoms with E-state index in [0.717, 1.165) is 43.1 Å². The molecule has 0 radical (unpaired) electrons. The van der Waals surface area contributed by atoms with Crippen molar-refractivity contribution in [2.75, 3.05) is 6.54 Å². The lowest BCUT2D eigenvalue weighted by Crippen LogP contribution is -2.46. The SMILES string of the molecule is NCCCc1nncn1C1C2CC3CC(C2)CC1C3. The maximum atomic E-state index is 5.63. The predicted octanol–water partition coefficient (Wildman–Crippen LogP) is 2.17. The fourth-order valence-electron chi connectivity index (χ4n) is 5.31. The van der Waals surface area contributed by atoms with Gasteiger partial charge in [-0.15, -0.1) is 10.2 Å². The van der Waals surface area contributed by atoms with Crippen LogP contribution in [0.1, 0.15) is 50.4 Å². The van der Waals surface area contributed by atoms with E-state index in [9.17, 15) is 0 Å². The average Bonchev–Trinajstić information content (AvgIpc) is 2.83. The molecule has 19 heavy (non-hydrogen) atoms. The van der Waals surface area contributed by atoms with Crippen LogP contribution >= 0.6 is 0 Å². The standard InChI is InChI=1S/C15H24N4/c16-3-1-2-14-18-17-9-19(14)15-12-5-10-4-11(7-12)8-13(15)6-10/h9-13,15H,1-8,16H2. The van der Waals surface area contributed by atoms with E-state index in [-0.39, 0.29) is 0 Å². The highest BCUT2D eigenvalue weighted by molar-refractivity contribution is 5.03. The summed E-state index contributed by atoms with van der Waals surface area (Å²) in [5, 5.41) is 8.52. The Morgan fingerprint density at radius 1 is 1.11 bits per heavy atom. The van der Waals surface area contributed by atoms with Gasteiger partial charge >= 0.3 is 0 Å². The van der Waals surface area contributed by atoms with Gasteiger partial charge in [0.05, 0.1) is 0 Å². The second-order valence-electron chi connectivity index (χ2n) is 6.97. The van der Waals surface area contributed by atoms with Gasteiger partial charge in [-0.05, 0) is 68.7 Å². The van der Waals surface area contributed by atoms with Gasteiger partial charge in [0.15, 0.2) is 0 Å². The van der Waals surface area contributed by atoms with Crippen LogP contribution in [0.4, 0.5) is 0 Å². The van der Waals surface area contributed by atoms with Crippen LogP contribution < -0.4 is 5.73 Å². The average molecular weight is 260 g/mol. The van der Waals surface area contributed by atoms with Gasteiger partial charge in [-0.3, -0.25) is 0 Å². The zero-order chi connectivity index (χ0) is 12.8. The fraction of sp³-hybridized carbons (Fsp3) is 0.867. The van der Waals surface area contributed by atoms with Crippen molar-refractivity contribution in [3.63, 3.8) is 0 Å². The first kappa shape index (κ1) is 11.9. The molecular weight excluding hydrogens is 236 g/mol. The Kier molecular flexibility index (Phi) is 2.87. The van der Waals surface area contributed by atoms with Gasteiger partial charge in [-0.2, -0.15) is 0 Å². The lowest BCUT2D eigenvalue weighted by molar-refractivity contribution is -0.0302. The Morgan fingerprint density at radius 2 is 1.79 bits per heavy atom. The predicted molar refractivity (Wildman–Crippen MR) is 73.5 cm³/mol. The molecule has 0 aliphatic heterocycles. The first-order valence-corrected chi connectivity index (χ1v) is 7.93.